The Labute approximate surface area is 120 Å². The van der Waals surface area contributed by atoms with Gasteiger partial charge >= 0.3 is 0 Å². The van der Waals surface area contributed by atoms with Crippen LogP contribution in [0.25, 0.3) is 0 Å². The van der Waals surface area contributed by atoms with Gasteiger partial charge in [-0.1, -0.05) is 42.5 Å². The number of carbonyl (C=O) groups excluding carboxylic acids is 1. The van der Waals surface area contributed by atoms with Crippen LogP contribution in [0.5, 0.6) is 5.75 Å². The van der Waals surface area contributed by atoms with E-state index < -0.39 is 0 Å². The third-order valence-electron chi connectivity index (χ3n) is 2.81. The third-order valence-corrected chi connectivity index (χ3v) is 2.81. The molecule has 0 fully saturated rings. The lowest BCUT2D eigenvalue weighted by Gasteiger charge is -2.21. The van der Waals surface area contributed by atoms with E-state index in [1.54, 1.807) is 0 Å². The summed E-state index contributed by atoms with van der Waals surface area (Å²) >= 11 is 0. The molecule has 0 saturated carbocycles. The van der Waals surface area contributed by atoms with E-state index in [9.17, 15) is 4.79 Å². The van der Waals surface area contributed by atoms with Crippen LogP contribution in [0.2, 0.25) is 0 Å². The van der Waals surface area contributed by atoms with Crippen LogP contribution in [0.15, 0.2) is 54.6 Å². The van der Waals surface area contributed by atoms with Crippen molar-refractivity contribution >= 4 is 5.78 Å². The van der Waals surface area contributed by atoms with E-state index >= 15 is 0 Å². The predicted molar refractivity (Wildman–Crippen MR) is 81.3 cm³/mol. The summed E-state index contributed by atoms with van der Waals surface area (Å²) < 4.78 is 5.76. The highest BCUT2D eigenvalue weighted by Gasteiger charge is 2.12. The molecule has 0 saturated heterocycles. The molecule has 20 heavy (non-hydrogen) atoms. The zero-order valence-electron chi connectivity index (χ0n) is 12.2. The second kappa shape index (κ2) is 5.91. The van der Waals surface area contributed by atoms with Crippen LogP contribution < -0.4 is 4.74 Å². The van der Waals surface area contributed by atoms with Crippen molar-refractivity contribution in [1.29, 1.82) is 0 Å². The fourth-order valence-corrected chi connectivity index (χ4v) is 1.94. The molecular weight excluding hydrogens is 248 g/mol. The Hall–Kier alpha value is -2.09. The Morgan fingerprint density at radius 1 is 0.950 bits per heavy atom. The average molecular weight is 268 g/mol. The first-order valence-electron chi connectivity index (χ1n) is 6.80. The fourth-order valence-electron chi connectivity index (χ4n) is 1.94. The first-order chi connectivity index (χ1) is 9.44. The Morgan fingerprint density at radius 2 is 1.55 bits per heavy atom. The predicted octanol–water partition coefficient (Wildman–Crippen LogP) is 4.29. The lowest BCUT2D eigenvalue weighted by Crippen LogP contribution is -2.22. The SMILES string of the molecule is CC(C)(C)Oc1ccc(CC(=O)c2ccccc2)cc1. The minimum Gasteiger partial charge on any atom is -0.488 e. The standard InChI is InChI=1S/C18H20O2/c1-18(2,3)20-16-11-9-14(10-12-16)13-17(19)15-7-5-4-6-8-15/h4-12H,13H2,1-3H3. The Morgan fingerprint density at radius 3 is 2.10 bits per heavy atom. The molecule has 0 heterocycles. The molecule has 0 aliphatic heterocycles. The zero-order valence-corrected chi connectivity index (χ0v) is 12.2. The maximum Gasteiger partial charge on any atom is 0.167 e. The smallest absolute Gasteiger partial charge is 0.167 e. The summed E-state index contributed by atoms with van der Waals surface area (Å²) in [5.74, 6) is 0.962. The fraction of sp³-hybridized carbons (Fsp3) is 0.278. The van der Waals surface area contributed by atoms with Crippen LogP contribution in [0.1, 0.15) is 36.7 Å². The van der Waals surface area contributed by atoms with E-state index in [-0.39, 0.29) is 11.4 Å². The molecule has 0 bridgehead atoms. The Kier molecular flexibility index (Phi) is 4.23. The molecule has 104 valence electrons. The van der Waals surface area contributed by atoms with Crippen LogP contribution in [0.4, 0.5) is 0 Å². The van der Waals surface area contributed by atoms with Crippen molar-refractivity contribution in [3.05, 3.63) is 65.7 Å². The van der Waals surface area contributed by atoms with Crippen molar-refractivity contribution in [3.8, 4) is 5.75 Å². The quantitative estimate of drug-likeness (QED) is 0.773. The van der Waals surface area contributed by atoms with Gasteiger partial charge in [0, 0.05) is 12.0 Å². The molecule has 2 aromatic rings. The number of carbonyl (C=O) groups is 1. The highest BCUT2D eigenvalue weighted by Crippen LogP contribution is 2.19. The van der Waals surface area contributed by atoms with E-state index in [1.807, 2.05) is 75.4 Å². The van der Waals surface area contributed by atoms with E-state index in [0.717, 1.165) is 16.9 Å². The summed E-state index contributed by atoms with van der Waals surface area (Å²) in [6.07, 6.45) is 0.416. The van der Waals surface area contributed by atoms with E-state index in [0.29, 0.717) is 6.42 Å². The number of benzene rings is 2. The van der Waals surface area contributed by atoms with Gasteiger partial charge in [0.05, 0.1) is 0 Å². The van der Waals surface area contributed by atoms with Gasteiger partial charge < -0.3 is 4.74 Å². The molecule has 0 spiro atoms. The van der Waals surface area contributed by atoms with Crippen LogP contribution >= 0.6 is 0 Å². The number of Topliss-reactive ketones (excluding diaryl/α,β-unsaturated/α-hetero) is 1. The number of ether oxygens (including phenoxy) is 1. The van der Waals surface area contributed by atoms with E-state index in [4.69, 9.17) is 4.74 Å². The van der Waals surface area contributed by atoms with Gasteiger partial charge in [-0.05, 0) is 38.5 Å². The molecule has 2 aromatic carbocycles. The van der Waals surface area contributed by atoms with Gasteiger partial charge in [-0.15, -0.1) is 0 Å². The number of hydrogen-bond acceptors (Lipinski definition) is 2. The van der Waals surface area contributed by atoms with Crippen molar-refractivity contribution in [2.75, 3.05) is 0 Å². The zero-order chi connectivity index (χ0) is 14.6. The highest BCUT2D eigenvalue weighted by atomic mass is 16.5. The van der Waals surface area contributed by atoms with Gasteiger partial charge in [0.1, 0.15) is 11.4 Å². The van der Waals surface area contributed by atoms with Crippen molar-refractivity contribution in [3.63, 3.8) is 0 Å². The molecule has 0 amide bonds. The van der Waals surface area contributed by atoms with Gasteiger partial charge in [-0.2, -0.15) is 0 Å². The van der Waals surface area contributed by atoms with Gasteiger partial charge in [-0.25, -0.2) is 0 Å². The topological polar surface area (TPSA) is 26.3 Å². The highest BCUT2D eigenvalue weighted by molar-refractivity contribution is 5.97. The molecule has 0 aliphatic rings. The van der Waals surface area contributed by atoms with Gasteiger partial charge in [0.2, 0.25) is 0 Å². The summed E-state index contributed by atoms with van der Waals surface area (Å²) in [7, 11) is 0. The largest absolute Gasteiger partial charge is 0.488 e. The molecule has 0 aliphatic carbocycles. The first kappa shape index (κ1) is 14.3. The number of rotatable bonds is 4. The average Bonchev–Trinajstić information content (AvgIpc) is 2.40. The summed E-state index contributed by atoms with van der Waals surface area (Å²) in [6, 6.07) is 17.1. The summed E-state index contributed by atoms with van der Waals surface area (Å²) in [5.41, 5.74) is 1.55. The van der Waals surface area contributed by atoms with Crippen LogP contribution in [-0.2, 0) is 6.42 Å². The number of hydrogen-bond donors (Lipinski definition) is 0. The molecule has 2 nitrogen and oxygen atoms in total. The molecule has 0 N–H and O–H groups in total. The second-order valence-corrected chi connectivity index (χ2v) is 5.82. The third kappa shape index (κ3) is 4.23. The van der Waals surface area contributed by atoms with Crippen molar-refractivity contribution < 1.29 is 9.53 Å². The molecular formula is C18H20O2. The monoisotopic (exact) mass is 268 g/mol. The van der Waals surface area contributed by atoms with Crippen LogP contribution in [0, 0.1) is 0 Å². The van der Waals surface area contributed by atoms with Crippen LogP contribution in [0.3, 0.4) is 0 Å². The lowest BCUT2D eigenvalue weighted by atomic mass is 10.0. The minimum atomic E-state index is -0.207. The Bertz CT molecular complexity index is 563. The molecule has 0 atom stereocenters. The van der Waals surface area contributed by atoms with Gasteiger partial charge in [0.15, 0.2) is 5.78 Å². The van der Waals surface area contributed by atoms with Crippen molar-refractivity contribution in [2.45, 2.75) is 32.8 Å². The molecule has 0 aromatic heterocycles. The van der Waals surface area contributed by atoms with E-state index in [1.165, 1.54) is 0 Å². The van der Waals surface area contributed by atoms with Gasteiger partial charge in [-0.3, -0.25) is 4.79 Å². The molecule has 0 unspecified atom stereocenters. The Balaban J connectivity index is 2.02. The van der Waals surface area contributed by atoms with E-state index in [2.05, 4.69) is 0 Å². The van der Waals surface area contributed by atoms with Crippen LogP contribution in [-0.4, -0.2) is 11.4 Å². The van der Waals surface area contributed by atoms with Crippen molar-refractivity contribution in [2.24, 2.45) is 0 Å². The number of ketones is 1. The first-order valence-corrected chi connectivity index (χ1v) is 6.80. The molecule has 0 radical (unpaired) electrons. The molecule has 2 heteroatoms. The summed E-state index contributed by atoms with van der Waals surface area (Å²) in [6.45, 7) is 6.04. The lowest BCUT2D eigenvalue weighted by molar-refractivity contribution is 0.0992. The summed E-state index contributed by atoms with van der Waals surface area (Å²) in [4.78, 5) is 12.1. The molecule has 2 rings (SSSR count). The second-order valence-electron chi connectivity index (χ2n) is 5.82. The normalized spacial score (nSPS) is 11.2. The summed E-state index contributed by atoms with van der Waals surface area (Å²) in [5, 5.41) is 0. The van der Waals surface area contributed by atoms with Gasteiger partial charge in [0.25, 0.3) is 0 Å². The van der Waals surface area contributed by atoms with Crippen molar-refractivity contribution in [1.82, 2.24) is 0 Å². The minimum absolute atomic E-state index is 0.134. The maximum absolute atomic E-state index is 12.1. The maximum atomic E-state index is 12.1.